The van der Waals surface area contributed by atoms with Crippen molar-refractivity contribution in [2.45, 2.75) is 33.4 Å². The molecule has 0 saturated carbocycles. The Labute approximate surface area is 205 Å². The van der Waals surface area contributed by atoms with Gasteiger partial charge in [-0.3, -0.25) is 4.79 Å². The van der Waals surface area contributed by atoms with Crippen molar-refractivity contribution < 1.29 is 28.3 Å². The van der Waals surface area contributed by atoms with Gasteiger partial charge in [-0.2, -0.15) is 0 Å². The van der Waals surface area contributed by atoms with Crippen molar-refractivity contribution in [2.75, 3.05) is 27.9 Å². The molecule has 2 aromatic carbocycles. The highest BCUT2D eigenvalue weighted by Gasteiger charge is 2.21. The molecular weight excluding hydrogens is 448 g/mol. The molecule has 0 radical (unpaired) electrons. The number of carbonyl (C=O) groups excluding carboxylic acids is 1. The van der Waals surface area contributed by atoms with Gasteiger partial charge in [-0.1, -0.05) is 11.2 Å². The third-order valence-electron chi connectivity index (χ3n) is 6.19. The number of fused-ring (bicyclic) bond motifs is 1. The second kappa shape index (κ2) is 10.5. The molecule has 0 unspecified atom stereocenters. The molecule has 0 N–H and O–H groups in total. The number of amides is 1. The number of nitrogens with zero attached hydrogens (tertiary/aromatic N) is 2. The minimum Gasteiger partial charge on any atom is -0.493 e. The van der Waals surface area contributed by atoms with E-state index >= 15 is 0 Å². The smallest absolute Gasteiger partial charge is 0.246 e. The second-order valence-corrected chi connectivity index (χ2v) is 8.32. The maximum Gasteiger partial charge on any atom is 0.246 e. The maximum atomic E-state index is 12.9. The van der Waals surface area contributed by atoms with E-state index in [4.69, 9.17) is 23.5 Å². The topological polar surface area (TPSA) is 83.3 Å². The second-order valence-electron chi connectivity index (χ2n) is 8.32. The first-order valence-corrected chi connectivity index (χ1v) is 11.4. The zero-order valence-electron chi connectivity index (χ0n) is 20.7. The van der Waals surface area contributed by atoms with E-state index in [9.17, 15) is 4.79 Å². The first kappa shape index (κ1) is 24.2. The molecule has 0 atom stereocenters. The van der Waals surface area contributed by atoms with Crippen molar-refractivity contribution in [2.24, 2.45) is 0 Å². The molecule has 0 aliphatic carbocycles. The SMILES string of the molecule is COc1cc2c(cc1OC)CN(C(=O)C=Cc1ccc(OCc3c(C)noc3C)c(OC)c1)CC2. The average molecular weight is 479 g/mol. The van der Waals surface area contributed by atoms with Crippen LogP contribution in [0.5, 0.6) is 23.0 Å². The van der Waals surface area contributed by atoms with Gasteiger partial charge in [0.1, 0.15) is 12.4 Å². The number of aryl methyl sites for hydroxylation is 2. The van der Waals surface area contributed by atoms with Gasteiger partial charge < -0.3 is 28.4 Å². The first-order valence-electron chi connectivity index (χ1n) is 11.4. The zero-order valence-corrected chi connectivity index (χ0v) is 20.7. The van der Waals surface area contributed by atoms with E-state index in [1.165, 1.54) is 5.56 Å². The number of methoxy groups -OCH3 is 3. The van der Waals surface area contributed by atoms with Gasteiger partial charge in [0.05, 0.1) is 32.6 Å². The number of hydrogen-bond acceptors (Lipinski definition) is 7. The highest BCUT2D eigenvalue weighted by molar-refractivity contribution is 5.92. The van der Waals surface area contributed by atoms with E-state index in [-0.39, 0.29) is 5.91 Å². The summed E-state index contributed by atoms with van der Waals surface area (Å²) in [4.78, 5) is 14.7. The van der Waals surface area contributed by atoms with E-state index in [0.29, 0.717) is 42.7 Å². The van der Waals surface area contributed by atoms with E-state index in [1.54, 1.807) is 33.5 Å². The molecule has 8 nitrogen and oxygen atoms in total. The van der Waals surface area contributed by atoms with Gasteiger partial charge in [-0.25, -0.2) is 0 Å². The zero-order chi connectivity index (χ0) is 24.9. The number of benzene rings is 2. The Kier molecular flexibility index (Phi) is 7.29. The van der Waals surface area contributed by atoms with E-state index in [2.05, 4.69) is 5.16 Å². The van der Waals surface area contributed by atoms with Crippen LogP contribution in [0.1, 0.15) is 33.7 Å². The van der Waals surface area contributed by atoms with Gasteiger partial charge in [0.2, 0.25) is 5.91 Å². The average Bonchev–Trinajstić information content (AvgIpc) is 3.21. The molecule has 1 aliphatic heterocycles. The highest BCUT2D eigenvalue weighted by Crippen LogP contribution is 2.33. The lowest BCUT2D eigenvalue weighted by molar-refractivity contribution is -0.126. The van der Waals surface area contributed by atoms with Crippen molar-refractivity contribution in [1.29, 1.82) is 0 Å². The third-order valence-corrected chi connectivity index (χ3v) is 6.19. The highest BCUT2D eigenvalue weighted by atomic mass is 16.5. The summed E-state index contributed by atoms with van der Waals surface area (Å²) in [6, 6.07) is 9.50. The number of aromatic nitrogens is 1. The Morgan fingerprint density at radius 3 is 2.34 bits per heavy atom. The Morgan fingerprint density at radius 2 is 1.69 bits per heavy atom. The summed E-state index contributed by atoms with van der Waals surface area (Å²) in [5, 5.41) is 3.95. The maximum absolute atomic E-state index is 12.9. The number of rotatable bonds is 8. The molecule has 35 heavy (non-hydrogen) atoms. The molecule has 0 bridgehead atoms. The minimum atomic E-state index is -0.0527. The van der Waals surface area contributed by atoms with Crippen molar-refractivity contribution in [3.8, 4) is 23.0 Å². The fourth-order valence-corrected chi connectivity index (χ4v) is 4.11. The predicted octanol–water partition coefficient (Wildman–Crippen LogP) is 4.49. The molecule has 0 saturated heterocycles. The fraction of sp³-hybridized carbons (Fsp3) is 0.333. The van der Waals surface area contributed by atoms with Gasteiger partial charge >= 0.3 is 0 Å². The van der Waals surface area contributed by atoms with Crippen LogP contribution in [-0.4, -0.2) is 43.8 Å². The van der Waals surface area contributed by atoms with Crippen LogP contribution in [0.15, 0.2) is 40.9 Å². The summed E-state index contributed by atoms with van der Waals surface area (Å²) in [7, 11) is 4.82. The Morgan fingerprint density at radius 1 is 1.00 bits per heavy atom. The Balaban J connectivity index is 1.42. The van der Waals surface area contributed by atoms with Crippen LogP contribution in [0.2, 0.25) is 0 Å². The van der Waals surface area contributed by atoms with Gasteiger partial charge in [0.15, 0.2) is 23.0 Å². The van der Waals surface area contributed by atoms with Crippen molar-refractivity contribution >= 4 is 12.0 Å². The van der Waals surface area contributed by atoms with Crippen molar-refractivity contribution in [3.63, 3.8) is 0 Å². The summed E-state index contributed by atoms with van der Waals surface area (Å²) in [6.45, 7) is 5.24. The molecule has 8 heteroatoms. The molecule has 3 aromatic rings. The van der Waals surface area contributed by atoms with Crippen LogP contribution in [0, 0.1) is 13.8 Å². The van der Waals surface area contributed by atoms with Gasteiger partial charge in [0.25, 0.3) is 0 Å². The van der Waals surface area contributed by atoms with Crippen LogP contribution >= 0.6 is 0 Å². The van der Waals surface area contributed by atoms with Crippen molar-refractivity contribution in [3.05, 3.63) is 70.1 Å². The molecule has 1 aromatic heterocycles. The standard InChI is InChI=1S/C27H30N2O6/c1-17-22(18(2)35-28-17)16-34-23-8-6-19(12-24(23)31-3)7-9-27(30)29-11-10-20-13-25(32-4)26(33-5)14-21(20)15-29/h6-9,12-14H,10-11,15-16H2,1-5H3. The van der Waals surface area contributed by atoms with Crippen LogP contribution in [-0.2, 0) is 24.4 Å². The molecule has 2 heterocycles. The summed E-state index contributed by atoms with van der Waals surface area (Å²) in [5.74, 6) is 3.24. The molecule has 1 aliphatic rings. The largest absolute Gasteiger partial charge is 0.493 e. The van der Waals surface area contributed by atoms with E-state index in [0.717, 1.165) is 34.6 Å². The van der Waals surface area contributed by atoms with Crippen LogP contribution in [0.4, 0.5) is 0 Å². The lowest BCUT2D eigenvalue weighted by Crippen LogP contribution is -2.34. The monoisotopic (exact) mass is 478 g/mol. The van der Waals surface area contributed by atoms with Crippen LogP contribution < -0.4 is 18.9 Å². The normalized spacial score (nSPS) is 13.0. The molecule has 0 fully saturated rings. The summed E-state index contributed by atoms with van der Waals surface area (Å²) in [6.07, 6.45) is 4.14. The van der Waals surface area contributed by atoms with Gasteiger partial charge in [0, 0.05) is 19.2 Å². The molecule has 1 amide bonds. The van der Waals surface area contributed by atoms with Gasteiger partial charge in [-0.15, -0.1) is 0 Å². The predicted molar refractivity (Wildman–Crippen MR) is 131 cm³/mol. The van der Waals surface area contributed by atoms with E-state index in [1.807, 2.05) is 49.1 Å². The van der Waals surface area contributed by atoms with Crippen LogP contribution in [0.3, 0.4) is 0 Å². The summed E-state index contributed by atoms with van der Waals surface area (Å²) < 4.78 is 27.4. The number of hydrogen-bond donors (Lipinski definition) is 0. The van der Waals surface area contributed by atoms with Gasteiger partial charge in [-0.05, 0) is 67.3 Å². The summed E-state index contributed by atoms with van der Waals surface area (Å²) in [5.41, 5.74) is 4.80. The molecular formula is C27H30N2O6. The molecule has 0 spiro atoms. The third kappa shape index (κ3) is 5.26. The minimum absolute atomic E-state index is 0.0527. The Hall–Kier alpha value is -3.94. The lowest BCUT2D eigenvalue weighted by atomic mass is 9.98. The Bertz CT molecular complexity index is 1230. The summed E-state index contributed by atoms with van der Waals surface area (Å²) >= 11 is 0. The van der Waals surface area contributed by atoms with Crippen molar-refractivity contribution in [1.82, 2.24) is 10.1 Å². The first-order chi connectivity index (χ1) is 16.9. The lowest BCUT2D eigenvalue weighted by Gasteiger charge is -2.28. The molecule has 184 valence electrons. The number of ether oxygens (including phenoxy) is 4. The molecule has 4 rings (SSSR count). The quantitative estimate of drug-likeness (QED) is 0.441. The fourth-order valence-electron chi connectivity index (χ4n) is 4.11. The van der Waals surface area contributed by atoms with Crippen LogP contribution in [0.25, 0.3) is 6.08 Å². The van der Waals surface area contributed by atoms with E-state index < -0.39 is 0 Å². The number of carbonyl (C=O) groups is 1.